The zero-order chi connectivity index (χ0) is 12.6. The molecule has 1 saturated heterocycles. The number of piperidine rings is 1. The van der Waals surface area contributed by atoms with Gasteiger partial charge in [-0.3, -0.25) is 4.79 Å². The maximum Gasteiger partial charge on any atom is 0.246 e. The highest BCUT2D eigenvalue weighted by Gasteiger charge is 2.14. The van der Waals surface area contributed by atoms with Crippen LogP contribution >= 0.6 is 0 Å². The highest BCUT2D eigenvalue weighted by Crippen LogP contribution is 2.05. The van der Waals surface area contributed by atoms with Crippen LogP contribution in [-0.4, -0.2) is 31.7 Å². The predicted octanol–water partition coefficient (Wildman–Crippen LogP) is 1.07. The van der Waals surface area contributed by atoms with Gasteiger partial charge in [-0.25, -0.2) is 0 Å². The van der Waals surface area contributed by atoms with E-state index in [-0.39, 0.29) is 18.6 Å². The van der Waals surface area contributed by atoms with E-state index in [0.717, 1.165) is 31.5 Å². The molecule has 0 aromatic heterocycles. The third kappa shape index (κ3) is 4.47. The van der Waals surface area contributed by atoms with E-state index in [0.29, 0.717) is 6.54 Å². The highest BCUT2D eigenvalue weighted by atomic mass is 16.5. The maximum absolute atomic E-state index is 11.6. The molecule has 1 heterocycles. The van der Waals surface area contributed by atoms with Gasteiger partial charge in [0.1, 0.15) is 6.61 Å². The van der Waals surface area contributed by atoms with Crippen molar-refractivity contribution in [2.75, 3.05) is 19.7 Å². The molecule has 1 aliphatic rings. The van der Waals surface area contributed by atoms with Crippen molar-refractivity contribution in [1.82, 2.24) is 10.6 Å². The van der Waals surface area contributed by atoms with Gasteiger partial charge in [-0.2, -0.15) is 0 Å². The minimum atomic E-state index is -0.0515. The minimum Gasteiger partial charge on any atom is -0.367 e. The van der Waals surface area contributed by atoms with Crippen molar-refractivity contribution in [3.05, 3.63) is 35.9 Å². The van der Waals surface area contributed by atoms with Crippen LogP contribution in [0, 0.1) is 0 Å². The van der Waals surface area contributed by atoms with Crippen LogP contribution in [0.5, 0.6) is 0 Å². The SMILES string of the molecule is O=C(CO[C@H]1CCCNC1)NCc1ccccc1. The van der Waals surface area contributed by atoms with E-state index in [1.54, 1.807) is 0 Å². The van der Waals surface area contributed by atoms with E-state index < -0.39 is 0 Å². The summed E-state index contributed by atoms with van der Waals surface area (Å²) in [7, 11) is 0. The third-order valence-electron chi connectivity index (χ3n) is 3.03. The number of ether oxygens (including phenoxy) is 1. The van der Waals surface area contributed by atoms with E-state index in [1.165, 1.54) is 0 Å². The number of hydrogen-bond donors (Lipinski definition) is 2. The molecule has 2 rings (SSSR count). The van der Waals surface area contributed by atoms with Crippen molar-refractivity contribution in [3.8, 4) is 0 Å². The molecular formula is C14H20N2O2. The Kier molecular flexibility index (Phi) is 5.17. The molecular weight excluding hydrogens is 228 g/mol. The smallest absolute Gasteiger partial charge is 0.246 e. The Morgan fingerprint density at radius 3 is 2.94 bits per heavy atom. The summed E-state index contributed by atoms with van der Waals surface area (Å²) >= 11 is 0. The molecule has 4 nitrogen and oxygen atoms in total. The first-order valence-electron chi connectivity index (χ1n) is 6.47. The fourth-order valence-electron chi connectivity index (χ4n) is 2.00. The van der Waals surface area contributed by atoms with E-state index in [2.05, 4.69) is 10.6 Å². The fraction of sp³-hybridized carbons (Fsp3) is 0.500. The molecule has 0 saturated carbocycles. The van der Waals surface area contributed by atoms with Crippen molar-refractivity contribution in [2.45, 2.75) is 25.5 Å². The molecule has 0 spiro atoms. The van der Waals surface area contributed by atoms with Crippen molar-refractivity contribution >= 4 is 5.91 Å². The van der Waals surface area contributed by atoms with E-state index in [4.69, 9.17) is 4.74 Å². The number of benzene rings is 1. The largest absolute Gasteiger partial charge is 0.367 e. The summed E-state index contributed by atoms with van der Waals surface area (Å²) in [4.78, 5) is 11.6. The molecule has 0 bridgehead atoms. The van der Waals surface area contributed by atoms with Gasteiger partial charge in [-0.1, -0.05) is 30.3 Å². The molecule has 0 radical (unpaired) electrons. The second kappa shape index (κ2) is 7.13. The maximum atomic E-state index is 11.6. The summed E-state index contributed by atoms with van der Waals surface area (Å²) < 4.78 is 5.56. The zero-order valence-corrected chi connectivity index (χ0v) is 10.5. The molecule has 0 aliphatic carbocycles. The number of amides is 1. The lowest BCUT2D eigenvalue weighted by atomic mass is 10.1. The average Bonchev–Trinajstić information content (AvgIpc) is 2.45. The highest BCUT2D eigenvalue weighted by molar-refractivity contribution is 5.77. The standard InChI is InChI=1S/C14H20N2O2/c17-14(11-18-13-7-4-8-15-10-13)16-9-12-5-2-1-3-6-12/h1-3,5-6,13,15H,4,7-11H2,(H,16,17)/t13-/m0/s1. The van der Waals surface area contributed by atoms with Crippen LogP contribution in [0.25, 0.3) is 0 Å². The van der Waals surface area contributed by atoms with Gasteiger partial charge < -0.3 is 15.4 Å². The molecule has 1 aromatic rings. The molecule has 18 heavy (non-hydrogen) atoms. The number of carbonyl (C=O) groups excluding carboxylic acids is 1. The van der Waals surface area contributed by atoms with Crippen molar-refractivity contribution in [2.24, 2.45) is 0 Å². The first-order valence-corrected chi connectivity index (χ1v) is 6.47. The Labute approximate surface area is 108 Å². The van der Waals surface area contributed by atoms with Crippen LogP contribution in [-0.2, 0) is 16.1 Å². The molecule has 0 unspecified atom stereocenters. The molecule has 2 N–H and O–H groups in total. The molecule has 1 amide bonds. The van der Waals surface area contributed by atoms with Crippen molar-refractivity contribution < 1.29 is 9.53 Å². The quantitative estimate of drug-likeness (QED) is 0.819. The average molecular weight is 248 g/mol. The first-order chi connectivity index (χ1) is 8.84. The van der Waals surface area contributed by atoms with E-state index in [9.17, 15) is 4.79 Å². The van der Waals surface area contributed by atoms with Gasteiger partial charge in [0.25, 0.3) is 0 Å². The topological polar surface area (TPSA) is 50.4 Å². The Hall–Kier alpha value is -1.39. The van der Waals surface area contributed by atoms with Crippen LogP contribution in [0.15, 0.2) is 30.3 Å². The number of nitrogens with one attached hydrogen (secondary N) is 2. The van der Waals surface area contributed by atoms with Crippen LogP contribution in [0.2, 0.25) is 0 Å². The predicted molar refractivity (Wildman–Crippen MR) is 70.1 cm³/mol. The van der Waals surface area contributed by atoms with Gasteiger partial charge in [0, 0.05) is 13.1 Å². The van der Waals surface area contributed by atoms with Gasteiger partial charge >= 0.3 is 0 Å². The summed E-state index contributed by atoms with van der Waals surface area (Å²) in [5.74, 6) is -0.0515. The summed E-state index contributed by atoms with van der Waals surface area (Å²) in [6.07, 6.45) is 2.34. The lowest BCUT2D eigenvalue weighted by Gasteiger charge is -2.22. The second-order valence-electron chi connectivity index (χ2n) is 4.54. The number of hydrogen-bond acceptors (Lipinski definition) is 3. The molecule has 1 aromatic carbocycles. The van der Waals surface area contributed by atoms with Gasteiger partial charge in [-0.05, 0) is 24.9 Å². The summed E-state index contributed by atoms with van der Waals surface area (Å²) in [6.45, 7) is 2.62. The lowest BCUT2D eigenvalue weighted by Crippen LogP contribution is -2.38. The Bertz CT molecular complexity index is 361. The molecule has 4 heteroatoms. The van der Waals surface area contributed by atoms with Crippen LogP contribution in [0.3, 0.4) is 0 Å². The first kappa shape index (κ1) is 13.1. The van der Waals surface area contributed by atoms with E-state index >= 15 is 0 Å². The van der Waals surface area contributed by atoms with Gasteiger partial charge in [-0.15, -0.1) is 0 Å². The molecule has 1 atom stereocenters. The fourth-order valence-corrected chi connectivity index (χ4v) is 2.00. The normalized spacial score (nSPS) is 19.4. The molecule has 1 fully saturated rings. The Balaban J connectivity index is 1.63. The third-order valence-corrected chi connectivity index (χ3v) is 3.03. The van der Waals surface area contributed by atoms with Gasteiger partial charge in [0.2, 0.25) is 5.91 Å². The van der Waals surface area contributed by atoms with Crippen LogP contribution in [0.1, 0.15) is 18.4 Å². The van der Waals surface area contributed by atoms with Crippen molar-refractivity contribution in [3.63, 3.8) is 0 Å². The number of carbonyl (C=O) groups is 1. The Morgan fingerprint density at radius 1 is 1.39 bits per heavy atom. The van der Waals surface area contributed by atoms with Crippen molar-refractivity contribution in [1.29, 1.82) is 0 Å². The van der Waals surface area contributed by atoms with Crippen LogP contribution < -0.4 is 10.6 Å². The van der Waals surface area contributed by atoms with Gasteiger partial charge in [0.15, 0.2) is 0 Å². The summed E-state index contributed by atoms with van der Waals surface area (Å²) in [5.41, 5.74) is 1.10. The number of rotatable bonds is 5. The zero-order valence-electron chi connectivity index (χ0n) is 10.5. The Morgan fingerprint density at radius 2 is 2.22 bits per heavy atom. The van der Waals surface area contributed by atoms with Gasteiger partial charge in [0.05, 0.1) is 6.10 Å². The molecule has 98 valence electrons. The monoisotopic (exact) mass is 248 g/mol. The van der Waals surface area contributed by atoms with Crippen LogP contribution in [0.4, 0.5) is 0 Å². The molecule has 1 aliphatic heterocycles. The second-order valence-corrected chi connectivity index (χ2v) is 4.54. The summed E-state index contributed by atoms with van der Waals surface area (Å²) in [5, 5.41) is 6.11. The van der Waals surface area contributed by atoms with E-state index in [1.807, 2.05) is 30.3 Å². The summed E-state index contributed by atoms with van der Waals surface area (Å²) in [6, 6.07) is 9.88. The lowest BCUT2D eigenvalue weighted by molar-refractivity contribution is -0.128. The minimum absolute atomic E-state index is 0.0515.